The highest BCUT2D eigenvalue weighted by Crippen LogP contribution is 2.16. The van der Waals surface area contributed by atoms with Crippen molar-refractivity contribution in [1.29, 1.82) is 0 Å². The van der Waals surface area contributed by atoms with E-state index in [1.54, 1.807) is 0 Å². The molecule has 0 unspecified atom stereocenters. The lowest BCUT2D eigenvalue weighted by Crippen LogP contribution is -2.28. The third kappa shape index (κ3) is 35.7. The molecule has 5 nitrogen and oxygen atoms in total. The summed E-state index contributed by atoms with van der Waals surface area (Å²) in [5.74, 6) is -0.579. The van der Waals surface area contributed by atoms with E-state index in [0.717, 1.165) is 38.5 Å². The predicted molar refractivity (Wildman–Crippen MR) is 196 cm³/mol. The SMILES string of the molecule is CCCCCCCCCCCCCCCCCCCCCCCCCC(=O)O[C@@H](CO)COC(=O)CCCCCCCCCCC. The largest absolute Gasteiger partial charge is 0.462 e. The Morgan fingerprint density at radius 3 is 0.957 bits per heavy atom. The number of ether oxygens (including phenoxy) is 2. The second-order valence-corrected chi connectivity index (χ2v) is 14.1. The standard InChI is InChI=1S/C41H80O5/c1-3-5-7-9-11-13-14-15-16-17-18-19-20-21-22-23-24-25-26-28-30-32-34-36-41(44)46-39(37-42)38-45-40(43)35-33-31-29-27-12-10-8-6-4-2/h39,42H,3-38H2,1-2H3/t39-/m0/s1. The van der Waals surface area contributed by atoms with Gasteiger partial charge in [0.1, 0.15) is 6.61 Å². The summed E-state index contributed by atoms with van der Waals surface area (Å²) in [4.78, 5) is 24.2. The van der Waals surface area contributed by atoms with Crippen LogP contribution in [0.5, 0.6) is 0 Å². The lowest BCUT2D eigenvalue weighted by molar-refractivity contribution is -0.161. The molecule has 0 saturated carbocycles. The zero-order valence-corrected chi connectivity index (χ0v) is 31.1. The smallest absolute Gasteiger partial charge is 0.306 e. The number of hydrogen-bond donors (Lipinski definition) is 1. The molecule has 5 heteroatoms. The first-order chi connectivity index (χ1) is 22.6. The minimum absolute atomic E-state index is 0.0576. The van der Waals surface area contributed by atoms with E-state index in [1.807, 2.05) is 0 Å². The van der Waals surface area contributed by atoms with E-state index < -0.39 is 6.10 Å². The number of carbonyl (C=O) groups is 2. The molecule has 0 aromatic rings. The molecule has 0 rings (SSSR count). The molecule has 0 aliphatic carbocycles. The van der Waals surface area contributed by atoms with Crippen LogP contribution in [0.4, 0.5) is 0 Å². The average molecular weight is 653 g/mol. The normalized spacial score (nSPS) is 12.0. The zero-order valence-electron chi connectivity index (χ0n) is 31.1. The van der Waals surface area contributed by atoms with Crippen molar-refractivity contribution in [2.24, 2.45) is 0 Å². The molecule has 274 valence electrons. The maximum atomic E-state index is 12.2. The van der Waals surface area contributed by atoms with Crippen LogP contribution >= 0.6 is 0 Å². The molecular weight excluding hydrogens is 572 g/mol. The number of esters is 2. The lowest BCUT2D eigenvalue weighted by atomic mass is 10.0. The average Bonchev–Trinajstić information content (AvgIpc) is 3.06. The van der Waals surface area contributed by atoms with Gasteiger partial charge in [0.25, 0.3) is 0 Å². The molecule has 46 heavy (non-hydrogen) atoms. The molecule has 0 saturated heterocycles. The molecule has 0 radical (unpaired) electrons. The van der Waals surface area contributed by atoms with E-state index in [2.05, 4.69) is 13.8 Å². The van der Waals surface area contributed by atoms with Gasteiger partial charge in [-0.15, -0.1) is 0 Å². The van der Waals surface area contributed by atoms with Crippen molar-refractivity contribution < 1.29 is 24.2 Å². The van der Waals surface area contributed by atoms with E-state index in [9.17, 15) is 14.7 Å². The monoisotopic (exact) mass is 653 g/mol. The molecule has 0 fully saturated rings. The van der Waals surface area contributed by atoms with Gasteiger partial charge >= 0.3 is 11.9 Å². The first-order valence-corrected chi connectivity index (χ1v) is 20.6. The highest BCUT2D eigenvalue weighted by atomic mass is 16.6. The third-order valence-electron chi connectivity index (χ3n) is 9.40. The van der Waals surface area contributed by atoms with Gasteiger partial charge in [0, 0.05) is 12.8 Å². The first-order valence-electron chi connectivity index (χ1n) is 20.6. The van der Waals surface area contributed by atoms with Gasteiger partial charge in [0.15, 0.2) is 6.10 Å². The fourth-order valence-electron chi connectivity index (χ4n) is 6.26. The molecule has 1 atom stereocenters. The van der Waals surface area contributed by atoms with E-state index >= 15 is 0 Å². The Hall–Kier alpha value is -1.10. The van der Waals surface area contributed by atoms with E-state index in [-0.39, 0.29) is 25.2 Å². The Bertz CT molecular complexity index is 622. The molecule has 0 aromatic carbocycles. The summed E-state index contributed by atoms with van der Waals surface area (Å²) in [5, 5.41) is 9.53. The Labute approximate surface area is 287 Å². The van der Waals surface area contributed by atoms with Crippen molar-refractivity contribution in [1.82, 2.24) is 0 Å². The summed E-state index contributed by atoms with van der Waals surface area (Å²) in [6.07, 6.45) is 41.8. The summed E-state index contributed by atoms with van der Waals surface area (Å²) in [7, 11) is 0. The minimum atomic E-state index is -0.760. The molecule has 0 bridgehead atoms. The Morgan fingerprint density at radius 2 is 0.674 bits per heavy atom. The van der Waals surface area contributed by atoms with Crippen molar-refractivity contribution >= 4 is 11.9 Å². The molecule has 0 aliphatic heterocycles. The maximum absolute atomic E-state index is 12.2. The Balaban J connectivity index is 3.41. The predicted octanol–water partition coefficient (Wildman–Crippen LogP) is 12.7. The molecule has 1 N–H and O–H groups in total. The van der Waals surface area contributed by atoms with Crippen LogP contribution in [0.2, 0.25) is 0 Å². The van der Waals surface area contributed by atoms with Gasteiger partial charge in [-0.05, 0) is 12.8 Å². The van der Waals surface area contributed by atoms with Crippen LogP contribution in [0.25, 0.3) is 0 Å². The molecule has 0 aromatic heterocycles. The summed E-state index contributed by atoms with van der Waals surface area (Å²) in [6.45, 7) is 4.14. The van der Waals surface area contributed by atoms with Crippen molar-refractivity contribution in [3.05, 3.63) is 0 Å². The van der Waals surface area contributed by atoms with Gasteiger partial charge in [-0.1, -0.05) is 206 Å². The van der Waals surface area contributed by atoms with Crippen LogP contribution in [-0.4, -0.2) is 36.4 Å². The second-order valence-electron chi connectivity index (χ2n) is 14.1. The highest BCUT2D eigenvalue weighted by Gasteiger charge is 2.16. The van der Waals surface area contributed by atoms with Crippen LogP contribution < -0.4 is 0 Å². The first kappa shape index (κ1) is 44.9. The number of rotatable bonds is 38. The highest BCUT2D eigenvalue weighted by molar-refractivity contribution is 5.70. The molecule has 0 heterocycles. The van der Waals surface area contributed by atoms with Gasteiger partial charge in [-0.25, -0.2) is 0 Å². The van der Waals surface area contributed by atoms with Gasteiger partial charge in [0.05, 0.1) is 6.61 Å². The molecule has 0 spiro atoms. The Morgan fingerprint density at radius 1 is 0.413 bits per heavy atom. The van der Waals surface area contributed by atoms with Crippen molar-refractivity contribution in [2.45, 2.75) is 238 Å². The fourth-order valence-corrected chi connectivity index (χ4v) is 6.26. The summed E-state index contributed by atoms with van der Waals surface area (Å²) >= 11 is 0. The van der Waals surface area contributed by atoms with Crippen LogP contribution in [0.3, 0.4) is 0 Å². The lowest BCUT2D eigenvalue weighted by Gasteiger charge is -2.15. The topological polar surface area (TPSA) is 72.8 Å². The zero-order chi connectivity index (χ0) is 33.6. The quantitative estimate of drug-likeness (QED) is 0.0531. The molecular formula is C41H80O5. The van der Waals surface area contributed by atoms with Gasteiger partial charge in [-0.3, -0.25) is 9.59 Å². The molecule has 0 aliphatic rings. The van der Waals surface area contributed by atoms with Crippen LogP contribution in [0, 0.1) is 0 Å². The number of carbonyl (C=O) groups excluding carboxylic acids is 2. The van der Waals surface area contributed by atoms with E-state index in [4.69, 9.17) is 9.47 Å². The van der Waals surface area contributed by atoms with E-state index in [1.165, 1.54) is 167 Å². The number of hydrogen-bond acceptors (Lipinski definition) is 5. The van der Waals surface area contributed by atoms with Crippen molar-refractivity contribution in [3.63, 3.8) is 0 Å². The second kappa shape index (κ2) is 38.3. The van der Waals surface area contributed by atoms with Gasteiger partial charge in [0.2, 0.25) is 0 Å². The third-order valence-corrected chi connectivity index (χ3v) is 9.40. The summed E-state index contributed by atoms with van der Waals surface area (Å²) in [5.41, 5.74) is 0. The van der Waals surface area contributed by atoms with Crippen LogP contribution in [0.1, 0.15) is 232 Å². The van der Waals surface area contributed by atoms with Crippen LogP contribution in [-0.2, 0) is 19.1 Å². The summed E-state index contributed by atoms with van der Waals surface area (Å²) < 4.78 is 10.6. The van der Waals surface area contributed by atoms with Gasteiger partial charge < -0.3 is 14.6 Å². The van der Waals surface area contributed by atoms with Crippen molar-refractivity contribution in [2.75, 3.05) is 13.2 Å². The number of aliphatic hydroxyl groups excluding tert-OH is 1. The van der Waals surface area contributed by atoms with Crippen molar-refractivity contribution in [3.8, 4) is 0 Å². The number of aliphatic hydroxyl groups is 1. The van der Waals surface area contributed by atoms with Crippen LogP contribution in [0.15, 0.2) is 0 Å². The minimum Gasteiger partial charge on any atom is -0.462 e. The molecule has 0 amide bonds. The summed E-state index contributed by atoms with van der Waals surface area (Å²) in [6, 6.07) is 0. The van der Waals surface area contributed by atoms with Gasteiger partial charge in [-0.2, -0.15) is 0 Å². The fraction of sp³-hybridized carbons (Fsp3) is 0.951. The number of unbranched alkanes of at least 4 members (excludes halogenated alkanes) is 30. The maximum Gasteiger partial charge on any atom is 0.306 e. The van der Waals surface area contributed by atoms with E-state index in [0.29, 0.717) is 12.8 Å². The Kier molecular flexibility index (Phi) is 37.4.